The molecule has 2 aromatic carbocycles. The number of aliphatic hydroxyl groups is 1. The number of fused-ring (bicyclic) bond motifs is 3. The number of nitrogens with one attached hydrogen (secondary N) is 2. The van der Waals surface area contributed by atoms with Gasteiger partial charge in [-0.3, -0.25) is 29.4 Å². The van der Waals surface area contributed by atoms with Crippen LogP contribution in [0.15, 0.2) is 78.2 Å². The lowest BCUT2D eigenvalue weighted by atomic mass is 9.98. The molecule has 3 aromatic heterocycles. The molecule has 2 atom stereocenters. The molecular weight excluding hydrogens is 763 g/mol. The van der Waals surface area contributed by atoms with Crippen LogP contribution in [0.4, 0.5) is 23.0 Å². The second-order valence-electron chi connectivity index (χ2n) is 16.4. The van der Waals surface area contributed by atoms with Gasteiger partial charge in [0.15, 0.2) is 11.5 Å². The summed E-state index contributed by atoms with van der Waals surface area (Å²) in [6.07, 6.45) is 5.71. The zero-order valence-corrected chi connectivity index (χ0v) is 33.5. The fourth-order valence-electron chi connectivity index (χ4n) is 9.59. The molecule has 0 bridgehead atoms. The molecule has 3 saturated heterocycles. The Kier molecular flexibility index (Phi) is 9.28. The van der Waals surface area contributed by atoms with E-state index >= 15 is 0 Å². The van der Waals surface area contributed by atoms with Gasteiger partial charge in [-0.1, -0.05) is 25.1 Å². The summed E-state index contributed by atoms with van der Waals surface area (Å²) in [6, 6.07) is 17.7. The van der Waals surface area contributed by atoms with Crippen LogP contribution in [-0.4, -0.2) is 108 Å². The van der Waals surface area contributed by atoms with Gasteiger partial charge in [0.05, 0.1) is 12.2 Å². The Morgan fingerprint density at radius 1 is 0.967 bits per heavy atom. The van der Waals surface area contributed by atoms with Crippen LogP contribution in [0.5, 0.6) is 0 Å². The molecule has 7 heterocycles. The molecule has 1 aliphatic carbocycles. The Balaban J connectivity index is 0.778. The average Bonchev–Trinajstić information content (AvgIpc) is 3.86. The van der Waals surface area contributed by atoms with Crippen LogP contribution in [0.2, 0.25) is 0 Å². The Morgan fingerprint density at radius 2 is 1.77 bits per heavy atom. The highest BCUT2D eigenvalue weighted by molar-refractivity contribution is 6.06. The molecule has 1 unspecified atom stereocenters. The summed E-state index contributed by atoms with van der Waals surface area (Å²) >= 11 is 0. The largest absolute Gasteiger partial charge is 0.384 e. The molecule has 0 radical (unpaired) electrons. The quantitative estimate of drug-likeness (QED) is 0.139. The fourth-order valence-corrected chi connectivity index (χ4v) is 9.59. The normalized spacial score (nSPS) is 21.9. The van der Waals surface area contributed by atoms with Gasteiger partial charge in [0.1, 0.15) is 17.0 Å². The monoisotopic (exact) mass is 809 g/mol. The van der Waals surface area contributed by atoms with Gasteiger partial charge >= 0.3 is 0 Å². The van der Waals surface area contributed by atoms with E-state index in [2.05, 4.69) is 55.1 Å². The lowest BCUT2D eigenvalue weighted by molar-refractivity contribution is -0.136. The van der Waals surface area contributed by atoms with Gasteiger partial charge in [0.2, 0.25) is 17.8 Å². The number of hydrogen-bond donors (Lipinski definition) is 3. The SMILES string of the molecule is C=CCn1c(=O)c2cnc(Nc3ccc(N4CCN(C5CN(c6cccc7c6CN(C6CCC(=O)NC6=O)C7=O)C5)CC4)cc3)nc2n1-c1ccc2c(n1)[C@@](O)(CC)CC2. The topological polar surface area (TPSA) is 174 Å². The number of carbonyl (C=O) groups excluding carboxylic acids is 3. The van der Waals surface area contributed by atoms with E-state index in [-0.39, 0.29) is 30.3 Å². The number of aryl methyl sites for hydroxylation is 1. The minimum absolute atomic E-state index is 0.147. The molecule has 3 N–H and O–H groups in total. The lowest BCUT2D eigenvalue weighted by Crippen LogP contribution is -2.63. The summed E-state index contributed by atoms with van der Waals surface area (Å²) in [5, 5.41) is 17.3. The van der Waals surface area contributed by atoms with Crippen molar-refractivity contribution >= 4 is 51.8 Å². The maximum absolute atomic E-state index is 13.5. The maximum Gasteiger partial charge on any atom is 0.278 e. The number of anilines is 4. The van der Waals surface area contributed by atoms with Crippen molar-refractivity contribution in [3.05, 3.63) is 106 Å². The number of benzene rings is 2. The summed E-state index contributed by atoms with van der Waals surface area (Å²) in [6.45, 7) is 11.8. The molecule has 16 heteroatoms. The van der Waals surface area contributed by atoms with Crippen LogP contribution < -0.4 is 26.0 Å². The molecule has 3 amide bonds. The molecule has 0 spiro atoms. The van der Waals surface area contributed by atoms with Crippen molar-refractivity contribution in [2.45, 2.75) is 69.8 Å². The number of imide groups is 1. The van der Waals surface area contributed by atoms with Crippen LogP contribution in [-0.2, 0) is 34.7 Å². The van der Waals surface area contributed by atoms with Crippen molar-refractivity contribution in [1.82, 2.24) is 39.4 Å². The molecule has 10 rings (SSSR count). The summed E-state index contributed by atoms with van der Waals surface area (Å²) in [7, 11) is 0. The summed E-state index contributed by atoms with van der Waals surface area (Å²) < 4.78 is 3.23. The average molecular weight is 810 g/mol. The molecule has 5 aromatic rings. The number of pyridine rings is 1. The van der Waals surface area contributed by atoms with Crippen LogP contribution >= 0.6 is 0 Å². The minimum atomic E-state index is -1.00. The Labute approximate surface area is 346 Å². The van der Waals surface area contributed by atoms with Crippen LogP contribution in [0.25, 0.3) is 16.9 Å². The number of nitrogens with zero attached hydrogens (tertiary/aromatic N) is 9. The number of piperidine rings is 1. The number of hydrogen-bond acceptors (Lipinski definition) is 12. The van der Waals surface area contributed by atoms with E-state index in [0.29, 0.717) is 65.9 Å². The van der Waals surface area contributed by atoms with Crippen LogP contribution in [0.3, 0.4) is 0 Å². The first kappa shape index (κ1) is 37.9. The van der Waals surface area contributed by atoms with E-state index in [0.717, 1.165) is 73.9 Å². The van der Waals surface area contributed by atoms with Crippen molar-refractivity contribution in [1.29, 1.82) is 0 Å². The highest BCUT2D eigenvalue weighted by Crippen LogP contribution is 2.39. The third-order valence-corrected chi connectivity index (χ3v) is 13.1. The molecule has 5 aliphatic rings. The fraction of sp³-hybridized carbons (Fsp3) is 0.386. The molecule has 16 nitrogen and oxygen atoms in total. The third-order valence-electron chi connectivity index (χ3n) is 13.1. The first-order valence-electron chi connectivity index (χ1n) is 20.8. The highest BCUT2D eigenvalue weighted by Gasteiger charge is 2.42. The van der Waals surface area contributed by atoms with Crippen molar-refractivity contribution < 1.29 is 19.5 Å². The molecule has 308 valence electrons. The molecule has 60 heavy (non-hydrogen) atoms. The Bertz CT molecular complexity index is 2630. The maximum atomic E-state index is 13.5. The van der Waals surface area contributed by atoms with Gasteiger partial charge in [0, 0.05) is 92.7 Å². The van der Waals surface area contributed by atoms with Gasteiger partial charge in [-0.25, -0.2) is 19.3 Å². The van der Waals surface area contributed by atoms with Crippen molar-refractivity contribution in [3.8, 4) is 5.82 Å². The van der Waals surface area contributed by atoms with Crippen LogP contribution in [0.1, 0.15) is 59.8 Å². The predicted octanol–water partition coefficient (Wildman–Crippen LogP) is 3.22. The Morgan fingerprint density at radius 3 is 2.52 bits per heavy atom. The number of allylic oxidation sites excluding steroid dienone is 1. The van der Waals surface area contributed by atoms with Gasteiger partial charge in [-0.05, 0) is 73.7 Å². The first-order valence-corrected chi connectivity index (χ1v) is 20.8. The smallest absolute Gasteiger partial charge is 0.278 e. The van der Waals surface area contributed by atoms with Crippen LogP contribution in [0, 0.1) is 0 Å². The highest BCUT2D eigenvalue weighted by atomic mass is 16.3. The number of carbonyl (C=O) groups is 3. The molecular formula is C44H47N11O5. The van der Waals surface area contributed by atoms with Crippen molar-refractivity contribution in [2.75, 3.05) is 54.4 Å². The number of rotatable bonds is 10. The van der Waals surface area contributed by atoms with Gasteiger partial charge < -0.3 is 25.1 Å². The van der Waals surface area contributed by atoms with Gasteiger partial charge in [0.25, 0.3) is 11.5 Å². The minimum Gasteiger partial charge on any atom is -0.384 e. The standard InChI is InChI=1S/C44H47N11O5/c1-3-18-54-42(59)32-23-45-43(49-39(32)55(54)36-14-8-27-16-17-44(60,4-2)38(27)47-36)46-28-9-11-29(12-10-28)50-19-21-51(22-20-50)30-24-52(25-30)34-7-5-6-31-33(34)26-53(41(31)58)35-13-15-37(56)48-40(35)57/h3,5-12,14,23,30,35,60H,1,4,13,15-22,24-26H2,2H3,(H,45,46,49)(H,48,56,57)/t35?,44-/m1/s1. The molecule has 0 saturated carbocycles. The first-order chi connectivity index (χ1) is 29.1. The second-order valence-corrected chi connectivity index (χ2v) is 16.4. The summed E-state index contributed by atoms with van der Waals surface area (Å²) in [4.78, 5) is 74.2. The predicted molar refractivity (Wildman–Crippen MR) is 226 cm³/mol. The second kappa shape index (κ2) is 14.7. The number of amides is 3. The number of aromatic nitrogens is 5. The third kappa shape index (κ3) is 6.32. The van der Waals surface area contributed by atoms with E-state index in [1.807, 2.05) is 43.3 Å². The summed E-state index contributed by atoms with van der Waals surface area (Å²) in [5.74, 6) is 0.0106. The van der Waals surface area contributed by atoms with E-state index in [4.69, 9.17) is 9.97 Å². The van der Waals surface area contributed by atoms with E-state index in [9.17, 15) is 24.3 Å². The Hall–Kier alpha value is -6.39. The molecule has 3 fully saturated rings. The van der Waals surface area contributed by atoms with Gasteiger partial charge in [-0.15, -0.1) is 6.58 Å². The van der Waals surface area contributed by atoms with Gasteiger partial charge in [-0.2, -0.15) is 4.98 Å². The zero-order valence-electron chi connectivity index (χ0n) is 33.5. The van der Waals surface area contributed by atoms with E-state index in [1.54, 1.807) is 21.9 Å². The van der Waals surface area contributed by atoms with E-state index in [1.165, 1.54) is 4.68 Å². The lowest BCUT2D eigenvalue weighted by Gasteiger charge is -2.49. The van der Waals surface area contributed by atoms with Crippen molar-refractivity contribution in [2.24, 2.45) is 0 Å². The zero-order chi connectivity index (χ0) is 41.3. The van der Waals surface area contributed by atoms with E-state index < -0.39 is 17.6 Å². The number of piperazine rings is 1. The molecule has 4 aliphatic heterocycles. The summed E-state index contributed by atoms with van der Waals surface area (Å²) in [5.41, 5.74) is 5.41. The van der Waals surface area contributed by atoms with Crippen molar-refractivity contribution in [3.63, 3.8) is 0 Å².